The van der Waals surface area contributed by atoms with Crippen molar-refractivity contribution in [1.82, 2.24) is 5.32 Å². The molecule has 1 fully saturated rings. The predicted molar refractivity (Wildman–Crippen MR) is 81.2 cm³/mol. The lowest BCUT2D eigenvalue weighted by molar-refractivity contribution is 0.0817. The number of halogens is 1. The van der Waals surface area contributed by atoms with E-state index in [2.05, 4.69) is 33.4 Å². The van der Waals surface area contributed by atoms with E-state index in [1.54, 1.807) is 11.3 Å². The summed E-state index contributed by atoms with van der Waals surface area (Å²) in [5.74, 6) is 0. The normalized spacial score (nSPS) is 19.0. The van der Waals surface area contributed by atoms with Crippen LogP contribution in [0.5, 0.6) is 0 Å². The van der Waals surface area contributed by atoms with Crippen LogP contribution in [0.1, 0.15) is 37.0 Å². The van der Waals surface area contributed by atoms with Gasteiger partial charge in [-0.3, -0.25) is 0 Å². The fraction of sp³-hybridized carbons (Fsp3) is 0.714. The van der Waals surface area contributed by atoms with Crippen molar-refractivity contribution in [3.05, 3.63) is 20.8 Å². The van der Waals surface area contributed by atoms with Crippen LogP contribution in [0.25, 0.3) is 0 Å². The molecule has 1 aliphatic carbocycles. The summed E-state index contributed by atoms with van der Waals surface area (Å²) >= 11 is 5.29. The first-order valence-corrected chi connectivity index (χ1v) is 8.41. The van der Waals surface area contributed by atoms with E-state index >= 15 is 0 Å². The molecule has 2 nitrogen and oxygen atoms in total. The summed E-state index contributed by atoms with van der Waals surface area (Å²) in [5.41, 5.74) is 0.161. The average Bonchev–Trinajstić information content (AvgIpc) is 2.82. The average molecular weight is 332 g/mol. The number of thiophene rings is 1. The Morgan fingerprint density at radius 1 is 1.28 bits per heavy atom. The summed E-state index contributed by atoms with van der Waals surface area (Å²) in [6.45, 7) is 2.31. The first-order valence-electron chi connectivity index (χ1n) is 6.80. The van der Waals surface area contributed by atoms with Crippen LogP contribution in [0.2, 0.25) is 0 Å². The molecule has 0 aliphatic heterocycles. The van der Waals surface area contributed by atoms with Gasteiger partial charge in [0, 0.05) is 23.4 Å². The highest BCUT2D eigenvalue weighted by atomic mass is 79.9. The minimum Gasteiger partial charge on any atom is -0.396 e. The van der Waals surface area contributed by atoms with Crippen LogP contribution in [0, 0.1) is 5.41 Å². The van der Waals surface area contributed by atoms with Gasteiger partial charge < -0.3 is 10.4 Å². The maximum Gasteiger partial charge on any atom is 0.0701 e. The number of nitrogens with one attached hydrogen (secondary N) is 1. The third-order valence-electron chi connectivity index (χ3n) is 3.93. The largest absolute Gasteiger partial charge is 0.396 e. The molecule has 2 N–H and O–H groups in total. The Balaban J connectivity index is 1.70. The van der Waals surface area contributed by atoms with Gasteiger partial charge in [0.25, 0.3) is 0 Å². The van der Waals surface area contributed by atoms with Crippen molar-refractivity contribution >= 4 is 27.3 Å². The van der Waals surface area contributed by atoms with Crippen LogP contribution in [-0.4, -0.2) is 24.8 Å². The first kappa shape index (κ1) is 14.5. The molecule has 0 aromatic carbocycles. The molecule has 18 heavy (non-hydrogen) atoms. The fourth-order valence-electron chi connectivity index (χ4n) is 2.74. The van der Waals surface area contributed by atoms with E-state index in [-0.39, 0.29) is 5.41 Å². The molecule has 0 saturated heterocycles. The smallest absolute Gasteiger partial charge is 0.0701 e. The number of hydrogen-bond acceptors (Lipinski definition) is 3. The monoisotopic (exact) mass is 331 g/mol. The topological polar surface area (TPSA) is 32.3 Å². The van der Waals surface area contributed by atoms with E-state index in [0.29, 0.717) is 6.61 Å². The number of aliphatic hydroxyl groups excluding tert-OH is 1. The molecule has 0 atom stereocenters. The molecule has 0 spiro atoms. The molecular formula is C14H22BrNOS. The van der Waals surface area contributed by atoms with Crippen molar-refractivity contribution in [3.8, 4) is 0 Å². The zero-order valence-electron chi connectivity index (χ0n) is 10.8. The van der Waals surface area contributed by atoms with Gasteiger partial charge in [-0.2, -0.15) is 0 Å². The van der Waals surface area contributed by atoms with Crippen LogP contribution in [0.3, 0.4) is 0 Å². The second-order valence-electron chi connectivity index (χ2n) is 5.35. The maximum absolute atomic E-state index is 9.62. The van der Waals surface area contributed by atoms with E-state index in [1.165, 1.54) is 40.8 Å². The van der Waals surface area contributed by atoms with Gasteiger partial charge in [0.05, 0.1) is 3.79 Å². The van der Waals surface area contributed by atoms with Crippen molar-refractivity contribution < 1.29 is 5.11 Å². The zero-order chi connectivity index (χ0) is 12.8. The van der Waals surface area contributed by atoms with Crippen LogP contribution in [0.15, 0.2) is 15.9 Å². The predicted octanol–water partition coefficient (Wildman–Crippen LogP) is 3.59. The van der Waals surface area contributed by atoms with Crippen molar-refractivity contribution in [2.24, 2.45) is 5.41 Å². The van der Waals surface area contributed by atoms with Gasteiger partial charge in [-0.05, 0) is 53.9 Å². The van der Waals surface area contributed by atoms with Crippen LogP contribution in [-0.2, 0) is 6.42 Å². The van der Waals surface area contributed by atoms with Crippen LogP contribution < -0.4 is 5.32 Å². The quantitative estimate of drug-likeness (QED) is 0.781. The van der Waals surface area contributed by atoms with E-state index in [1.807, 2.05) is 0 Å². The lowest BCUT2D eigenvalue weighted by Crippen LogP contribution is -2.39. The highest BCUT2D eigenvalue weighted by molar-refractivity contribution is 9.11. The standard InChI is InChI=1S/C14H22BrNOS/c15-13-5-4-12(18-13)6-9-16-10-14(11-17)7-2-1-3-8-14/h4-5,16-17H,1-3,6-11H2. The third-order valence-corrected chi connectivity index (χ3v) is 5.61. The highest BCUT2D eigenvalue weighted by Crippen LogP contribution is 2.35. The minimum absolute atomic E-state index is 0.161. The summed E-state index contributed by atoms with van der Waals surface area (Å²) in [6.07, 6.45) is 7.34. The van der Waals surface area contributed by atoms with E-state index in [9.17, 15) is 5.11 Å². The molecule has 1 aromatic rings. The molecule has 1 aromatic heterocycles. The highest BCUT2D eigenvalue weighted by Gasteiger charge is 2.30. The Kier molecular flexibility index (Phi) is 5.67. The van der Waals surface area contributed by atoms with E-state index < -0.39 is 0 Å². The van der Waals surface area contributed by atoms with Gasteiger partial charge in [-0.25, -0.2) is 0 Å². The van der Waals surface area contributed by atoms with Gasteiger partial charge in [0.1, 0.15) is 0 Å². The van der Waals surface area contributed by atoms with Crippen LogP contribution in [0.4, 0.5) is 0 Å². The summed E-state index contributed by atoms with van der Waals surface area (Å²) in [4.78, 5) is 1.41. The molecule has 2 rings (SSSR count). The zero-order valence-corrected chi connectivity index (χ0v) is 13.2. The van der Waals surface area contributed by atoms with Gasteiger partial charge in [0.15, 0.2) is 0 Å². The van der Waals surface area contributed by atoms with Crippen molar-refractivity contribution in [2.45, 2.75) is 38.5 Å². The molecule has 0 unspecified atom stereocenters. The summed E-state index contributed by atoms with van der Waals surface area (Å²) in [6, 6.07) is 4.29. The SMILES string of the molecule is OCC1(CNCCc2ccc(Br)s2)CCCCC1. The molecule has 102 valence electrons. The fourth-order valence-corrected chi connectivity index (χ4v) is 4.23. The number of rotatable bonds is 6. The molecule has 1 heterocycles. The molecule has 0 bridgehead atoms. The van der Waals surface area contributed by atoms with E-state index in [0.717, 1.165) is 19.5 Å². The minimum atomic E-state index is 0.161. The molecular weight excluding hydrogens is 310 g/mol. The second kappa shape index (κ2) is 7.04. The third kappa shape index (κ3) is 4.05. The van der Waals surface area contributed by atoms with Gasteiger partial charge in [-0.15, -0.1) is 11.3 Å². The second-order valence-corrected chi connectivity index (χ2v) is 7.90. The maximum atomic E-state index is 9.62. The van der Waals surface area contributed by atoms with Gasteiger partial charge in [-0.1, -0.05) is 19.3 Å². The van der Waals surface area contributed by atoms with Gasteiger partial charge in [0.2, 0.25) is 0 Å². The van der Waals surface area contributed by atoms with Crippen LogP contribution >= 0.6 is 27.3 Å². The summed E-state index contributed by atoms with van der Waals surface area (Å²) in [7, 11) is 0. The number of aliphatic hydroxyl groups is 1. The molecule has 0 amide bonds. The van der Waals surface area contributed by atoms with Crippen molar-refractivity contribution in [2.75, 3.05) is 19.7 Å². The van der Waals surface area contributed by atoms with Crippen molar-refractivity contribution in [3.63, 3.8) is 0 Å². The lowest BCUT2D eigenvalue weighted by atomic mass is 9.74. The lowest BCUT2D eigenvalue weighted by Gasteiger charge is -2.35. The Morgan fingerprint density at radius 2 is 2.06 bits per heavy atom. The summed E-state index contributed by atoms with van der Waals surface area (Å²) < 4.78 is 1.21. The Labute approximate surface area is 122 Å². The Hall–Kier alpha value is 0.1000. The molecule has 1 aliphatic rings. The first-order chi connectivity index (χ1) is 8.74. The van der Waals surface area contributed by atoms with E-state index in [4.69, 9.17) is 0 Å². The Bertz CT molecular complexity index is 360. The Morgan fingerprint density at radius 3 is 2.67 bits per heavy atom. The molecule has 4 heteroatoms. The van der Waals surface area contributed by atoms with Crippen molar-refractivity contribution in [1.29, 1.82) is 0 Å². The molecule has 1 saturated carbocycles. The summed E-state index contributed by atoms with van der Waals surface area (Å²) in [5, 5.41) is 13.2. The van der Waals surface area contributed by atoms with Gasteiger partial charge >= 0.3 is 0 Å². The molecule has 0 radical (unpaired) electrons. The number of hydrogen-bond donors (Lipinski definition) is 2.